The average molecular weight is 292 g/mol. The van der Waals surface area contributed by atoms with Crippen LogP contribution in [0.15, 0.2) is 18.2 Å². The number of nitrogen functional groups attached to an aromatic ring is 1. The Morgan fingerprint density at radius 2 is 2.11 bits per heavy atom. The number of anilines is 1. The first-order valence-corrected chi connectivity index (χ1v) is 7.49. The number of benzene rings is 1. The van der Waals surface area contributed by atoms with E-state index in [0.717, 1.165) is 6.26 Å². The predicted octanol–water partition coefficient (Wildman–Crippen LogP) is 0.400. The molecule has 0 atom stereocenters. The molecule has 0 fully saturated rings. The molecule has 100 valence electrons. The summed E-state index contributed by atoms with van der Waals surface area (Å²) in [6.45, 7) is 0.0359. The molecule has 6 nitrogen and oxygen atoms in total. The fourth-order valence-corrected chi connectivity index (χ4v) is 1.92. The van der Waals surface area contributed by atoms with Gasteiger partial charge in [-0.25, -0.2) is 8.42 Å². The molecule has 0 aliphatic carbocycles. The van der Waals surface area contributed by atoms with Crippen molar-refractivity contribution in [3.05, 3.63) is 28.8 Å². The Labute approximate surface area is 110 Å². The highest BCUT2D eigenvalue weighted by Gasteiger charge is 2.12. The van der Waals surface area contributed by atoms with Crippen LogP contribution in [-0.2, 0) is 9.84 Å². The first-order valence-electron chi connectivity index (χ1n) is 5.05. The molecule has 0 aromatic heterocycles. The van der Waals surface area contributed by atoms with Crippen molar-refractivity contribution in [2.75, 3.05) is 24.0 Å². The summed E-state index contributed by atoms with van der Waals surface area (Å²) in [6, 6.07) is 4.60. The van der Waals surface area contributed by atoms with Gasteiger partial charge in [0.05, 0.1) is 17.0 Å². The smallest absolute Gasteiger partial charge is 0.253 e. The van der Waals surface area contributed by atoms with Crippen LogP contribution in [-0.4, -0.2) is 32.9 Å². The lowest BCUT2D eigenvalue weighted by Crippen LogP contribution is -2.29. The molecule has 0 saturated heterocycles. The molecule has 1 amide bonds. The summed E-state index contributed by atoms with van der Waals surface area (Å²) in [6.07, 6.45) is 1.10. The monoisotopic (exact) mass is 291 g/mol. The Balaban J connectivity index is 2.75. The van der Waals surface area contributed by atoms with Crippen molar-refractivity contribution >= 4 is 33.0 Å². The van der Waals surface area contributed by atoms with Crippen molar-refractivity contribution in [1.29, 1.82) is 0 Å². The molecule has 0 aliphatic heterocycles. The van der Waals surface area contributed by atoms with E-state index < -0.39 is 15.7 Å². The Hall–Kier alpha value is -1.31. The van der Waals surface area contributed by atoms with Crippen LogP contribution in [0.5, 0.6) is 0 Å². The van der Waals surface area contributed by atoms with Crippen LogP contribution in [0.25, 0.3) is 0 Å². The van der Waals surface area contributed by atoms with Gasteiger partial charge in [-0.15, -0.1) is 0 Å². The van der Waals surface area contributed by atoms with Crippen LogP contribution in [0.2, 0.25) is 5.02 Å². The van der Waals surface area contributed by atoms with E-state index in [0.29, 0.717) is 10.7 Å². The van der Waals surface area contributed by atoms with Gasteiger partial charge in [-0.1, -0.05) is 11.6 Å². The number of amides is 1. The van der Waals surface area contributed by atoms with Gasteiger partial charge in [0.25, 0.3) is 5.91 Å². The van der Waals surface area contributed by atoms with Gasteiger partial charge in [-0.3, -0.25) is 10.6 Å². The Bertz CT molecular complexity index is 545. The zero-order valence-corrected chi connectivity index (χ0v) is 11.3. The molecule has 0 spiro atoms. The summed E-state index contributed by atoms with van der Waals surface area (Å²) < 4.78 is 21.8. The normalized spacial score (nSPS) is 11.1. The molecule has 0 radical (unpaired) electrons. The summed E-state index contributed by atoms with van der Waals surface area (Å²) >= 11 is 5.78. The lowest BCUT2D eigenvalue weighted by atomic mass is 10.1. The summed E-state index contributed by atoms with van der Waals surface area (Å²) in [5.41, 5.74) is 3.05. The number of carbonyl (C=O) groups is 1. The van der Waals surface area contributed by atoms with Crippen molar-refractivity contribution in [3.63, 3.8) is 0 Å². The maximum absolute atomic E-state index is 11.8. The third-order valence-electron chi connectivity index (χ3n) is 2.14. The van der Waals surface area contributed by atoms with Gasteiger partial charge >= 0.3 is 0 Å². The fourth-order valence-electron chi connectivity index (χ4n) is 1.28. The van der Waals surface area contributed by atoms with Crippen LogP contribution in [0.1, 0.15) is 10.4 Å². The van der Waals surface area contributed by atoms with Crippen molar-refractivity contribution in [2.24, 2.45) is 5.84 Å². The van der Waals surface area contributed by atoms with Gasteiger partial charge in [0.1, 0.15) is 9.84 Å². The molecule has 1 aromatic carbocycles. The van der Waals surface area contributed by atoms with E-state index in [2.05, 4.69) is 10.7 Å². The van der Waals surface area contributed by atoms with Gasteiger partial charge < -0.3 is 10.7 Å². The minimum Gasteiger partial charge on any atom is -0.351 e. The quantitative estimate of drug-likeness (QED) is 0.538. The number of sulfone groups is 1. The van der Waals surface area contributed by atoms with Crippen molar-refractivity contribution in [1.82, 2.24) is 5.32 Å². The molecule has 1 rings (SSSR count). The Kier molecular flexibility index (Phi) is 4.94. The van der Waals surface area contributed by atoms with E-state index in [9.17, 15) is 13.2 Å². The molecule has 4 N–H and O–H groups in total. The van der Waals surface area contributed by atoms with E-state index >= 15 is 0 Å². The van der Waals surface area contributed by atoms with Gasteiger partial charge in [0, 0.05) is 17.8 Å². The van der Waals surface area contributed by atoms with Crippen LogP contribution in [0.4, 0.5) is 5.69 Å². The van der Waals surface area contributed by atoms with Crippen LogP contribution in [0.3, 0.4) is 0 Å². The van der Waals surface area contributed by atoms with Gasteiger partial charge in [0.15, 0.2) is 0 Å². The lowest BCUT2D eigenvalue weighted by molar-refractivity contribution is 0.0957. The maximum atomic E-state index is 11.8. The van der Waals surface area contributed by atoms with E-state index in [4.69, 9.17) is 17.4 Å². The van der Waals surface area contributed by atoms with Crippen molar-refractivity contribution in [2.45, 2.75) is 0 Å². The second kappa shape index (κ2) is 6.03. The molecular formula is C10H14ClN3O3S. The van der Waals surface area contributed by atoms with Crippen LogP contribution in [0, 0.1) is 0 Å². The molecular weight excluding hydrogens is 278 g/mol. The largest absolute Gasteiger partial charge is 0.351 e. The number of carbonyl (C=O) groups excluding carboxylic acids is 1. The molecule has 8 heteroatoms. The second-order valence-corrected chi connectivity index (χ2v) is 6.42. The van der Waals surface area contributed by atoms with Crippen LogP contribution < -0.4 is 16.6 Å². The molecule has 0 bridgehead atoms. The maximum Gasteiger partial charge on any atom is 0.253 e. The summed E-state index contributed by atoms with van der Waals surface area (Å²) in [5.74, 6) is 4.71. The van der Waals surface area contributed by atoms with E-state index in [1.165, 1.54) is 6.07 Å². The number of nitrogens with two attached hydrogens (primary N) is 1. The number of hydrazine groups is 1. The first-order chi connectivity index (χ1) is 8.33. The fraction of sp³-hybridized carbons (Fsp3) is 0.300. The van der Waals surface area contributed by atoms with E-state index in [1.54, 1.807) is 12.1 Å². The topological polar surface area (TPSA) is 101 Å². The van der Waals surface area contributed by atoms with Gasteiger partial charge in [0.2, 0.25) is 0 Å². The minimum atomic E-state index is -3.11. The van der Waals surface area contributed by atoms with Gasteiger partial charge in [-0.05, 0) is 18.2 Å². The average Bonchev–Trinajstić information content (AvgIpc) is 2.27. The standard InChI is InChI=1S/C10H14ClN3O3S/c1-18(16,17)5-4-13-10(15)8-6-7(11)2-3-9(8)14-12/h2-3,6,14H,4-5,12H2,1H3,(H,13,15). The molecule has 0 saturated carbocycles. The third kappa shape index (κ3) is 4.52. The highest BCUT2D eigenvalue weighted by Crippen LogP contribution is 2.19. The summed E-state index contributed by atoms with van der Waals surface area (Å²) in [5, 5.41) is 2.88. The second-order valence-electron chi connectivity index (χ2n) is 3.72. The van der Waals surface area contributed by atoms with Crippen LogP contribution >= 0.6 is 11.6 Å². The lowest BCUT2D eigenvalue weighted by Gasteiger charge is -2.09. The Morgan fingerprint density at radius 1 is 1.44 bits per heavy atom. The van der Waals surface area contributed by atoms with Gasteiger partial charge in [-0.2, -0.15) is 0 Å². The van der Waals surface area contributed by atoms with E-state index in [-0.39, 0.29) is 17.9 Å². The first kappa shape index (κ1) is 14.7. The predicted molar refractivity (Wildman–Crippen MR) is 71.3 cm³/mol. The molecule has 0 unspecified atom stereocenters. The van der Waals surface area contributed by atoms with E-state index in [1.807, 2.05) is 0 Å². The minimum absolute atomic E-state index is 0.0359. The molecule has 1 aromatic rings. The third-order valence-corrected chi connectivity index (χ3v) is 3.32. The SMILES string of the molecule is CS(=O)(=O)CCNC(=O)c1cc(Cl)ccc1NN. The summed E-state index contributed by atoms with van der Waals surface area (Å²) in [7, 11) is -3.11. The number of hydrogen-bond acceptors (Lipinski definition) is 5. The molecule has 0 heterocycles. The zero-order chi connectivity index (χ0) is 13.8. The highest BCUT2D eigenvalue weighted by atomic mass is 35.5. The number of halogens is 1. The number of nitrogens with one attached hydrogen (secondary N) is 2. The summed E-state index contributed by atoms with van der Waals surface area (Å²) in [4.78, 5) is 11.8. The number of hydrogen-bond donors (Lipinski definition) is 3. The Morgan fingerprint density at radius 3 is 2.67 bits per heavy atom. The molecule has 0 aliphatic rings. The highest BCUT2D eigenvalue weighted by molar-refractivity contribution is 7.90. The zero-order valence-electron chi connectivity index (χ0n) is 9.73. The molecule has 18 heavy (non-hydrogen) atoms. The van der Waals surface area contributed by atoms with Crippen molar-refractivity contribution < 1.29 is 13.2 Å². The van der Waals surface area contributed by atoms with Crippen molar-refractivity contribution in [3.8, 4) is 0 Å². The number of rotatable bonds is 5.